The zero-order valence-electron chi connectivity index (χ0n) is 9.10. The molecule has 0 spiro atoms. The molecule has 0 aliphatic heterocycles. The van der Waals surface area contributed by atoms with Gasteiger partial charge in [-0.25, -0.2) is 4.79 Å². The summed E-state index contributed by atoms with van der Waals surface area (Å²) in [5.74, 6) is -1.38. The van der Waals surface area contributed by atoms with Crippen molar-refractivity contribution in [1.29, 1.82) is 0 Å². The van der Waals surface area contributed by atoms with Crippen molar-refractivity contribution < 1.29 is 19.5 Å². The van der Waals surface area contributed by atoms with Gasteiger partial charge in [-0.2, -0.15) is 0 Å². The molecule has 90 valence electrons. The summed E-state index contributed by atoms with van der Waals surface area (Å²) in [6.07, 6.45) is 0. The second-order valence-electron chi connectivity index (χ2n) is 3.21. The van der Waals surface area contributed by atoms with E-state index in [4.69, 9.17) is 5.11 Å². The lowest BCUT2D eigenvalue weighted by Gasteiger charge is -2.04. The topological polar surface area (TPSA) is 83.5 Å². The van der Waals surface area contributed by atoms with Gasteiger partial charge in [0.05, 0.1) is 11.3 Å². The quantitative estimate of drug-likeness (QED) is 0.851. The van der Waals surface area contributed by atoms with E-state index < -0.39 is 5.97 Å². The molecule has 0 atom stereocenters. The van der Waals surface area contributed by atoms with Gasteiger partial charge in [-0.15, -0.1) is 0 Å². The zero-order valence-corrected chi connectivity index (χ0v) is 9.91. The van der Waals surface area contributed by atoms with E-state index in [0.717, 1.165) is 11.8 Å². The molecular formula is C11H11NO4S. The van der Waals surface area contributed by atoms with Crippen LogP contribution in [0, 0.1) is 0 Å². The minimum atomic E-state index is -1.06. The second-order valence-corrected chi connectivity index (χ2v) is 4.37. The number of carbonyl (C=O) groups excluding carboxylic acids is 2. The molecule has 0 aliphatic rings. The van der Waals surface area contributed by atoms with Gasteiger partial charge in [-0.05, 0) is 18.2 Å². The fraction of sp³-hybridized carbons (Fsp3) is 0.182. The Labute approximate surface area is 102 Å². The molecule has 1 aromatic rings. The number of anilines is 1. The van der Waals surface area contributed by atoms with E-state index in [1.54, 1.807) is 6.07 Å². The highest BCUT2D eigenvalue weighted by Crippen LogP contribution is 2.11. The Morgan fingerprint density at radius 2 is 2.06 bits per heavy atom. The number of carbonyl (C=O) groups is 3. The molecule has 0 aliphatic carbocycles. The lowest BCUT2D eigenvalue weighted by molar-refractivity contribution is -0.114. The van der Waals surface area contributed by atoms with E-state index in [1.165, 1.54) is 25.1 Å². The summed E-state index contributed by atoms with van der Waals surface area (Å²) in [7, 11) is 0. The van der Waals surface area contributed by atoms with Gasteiger partial charge in [0.2, 0.25) is 5.91 Å². The molecule has 1 aromatic carbocycles. The summed E-state index contributed by atoms with van der Waals surface area (Å²) in [6, 6.07) is 5.92. The molecule has 0 radical (unpaired) electrons. The first-order chi connectivity index (χ1) is 7.99. The van der Waals surface area contributed by atoms with E-state index in [0.29, 0.717) is 5.69 Å². The third kappa shape index (κ3) is 4.69. The molecule has 0 unspecified atom stereocenters. The Balaban J connectivity index is 2.62. The van der Waals surface area contributed by atoms with Crippen LogP contribution in [0.4, 0.5) is 5.69 Å². The molecule has 0 fully saturated rings. The van der Waals surface area contributed by atoms with Crippen LogP contribution in [0.1, 0.15) is 17.3 Å². The summed E-state index contributed by atoms with van der Waals surface area (Å²) in [5, 5.41) is 11.1. The Morgan fingerprint density at radius 1 is 1.35 bits per heavy atom. The van der Waals surface area contributed by atoms with Gasteiger partial charge < -0.3 is 10.4 Å². The Morgan fingerprint density at radius 3 is 2.65 bits per heavy atom. The number of hydrogen-bond donors (Lipinski definition) is 2. The molecule has 6 heteroatoms. The van der Waals surface area contributed by atoms with Crippen molar-refractivity contribution in [2.24, 2.45) is 0 Å². The molecule has 1 amide bonds. The summed E-state index contributed by atoms with van der Waals surface area (Å²) in [4.78, 5) is 32.7. The lowest BCUT2D eigenvalue weighted by Crippen LogP contribution is -2.15. The van der Waals surface area contributed by atoms with Crippen LogP contribution < -0.4 is 5.32 Å². The molecule has 0 heterocycles. The highest BCUT2D eigenvalue weighted by atomic mass is 32.2. The number of benzene rings is 1. The first kappa shape index (κ1) is 13.2. The molecular weight excluding hydrogens is 242 g/mol. The van der Waals surface area contributed by atoms with Gasteiger partial charge in [-0.1, -0.05) is 17.8 Å². The van der Waals surface area contributed by atoms with E-state index in [2.05, 4.69) is 5.32 Å². The van der Waals surface area contributed by atoms with E-state index >= 15 is 0 Å². The molecule has 0 aromatic heterocycles. The molecule has 17 heavy (non-hydrogen) atoms. The highest BCUT2D eigenvalue weighted by molar-refractivity contribution is 8.14. The van der Waals surface area contributed by atoms with Gasteiger partial charge in [0, 0.05) is 12.6 Å². The molecule has 5 nitrogen and oxygen atoms in total. The number of carboxylic acids is 1. The van der Waals surface area contributed by atoms with Gasteiger partial charge in [-0.3, -0.25) is 9.59 Å². The van der Waals surface area contributed by atoms with Gasteiger partial charge in [0.25, 0.3) is 0 Å². The highest BCUT2D eigenvalue weighted by Gasteiger charge is 2.07. The number of aromatic carboxylic acids is 1. The molecule has 0 bridgehead atoms. The number of thioether (sulfide) groups is 1. The van der Waals surface area contributed by atoms with Crippen LogP contribution in [0.3, 0.4) is 0 Å². The van der Waals surface area contributed by atoms with Crippen LogP contribution in [0.5, 0.6) is 0 Å². The summed E-state index contributed by atoms with van der Waals surface area (Å²) < 4.78 is 0. The van der Waals surface area contributed by atoms with E-state index in [-0.39, 0.29) is 22.3 Å². The fourth-order valence-corrected chi connectivity index (χ4v) is 1.50. The fourth-order valence-electron chi connectivity index (χ4n) is 1.09. The van der Waals surface area contributed by atoms with Crippen LogP contribution in [-0.2, 0) is 9.59 Å². The van der Waals surface area contributed by atoms with Gasteiger partial charge in [0.15, 0.2) is 5.12 Å². The average molecular weight is 253 g/mol. The maximum Gasteiger partial charge on any atom is 0.335 e. The molecule has 0 saturated carbocycles. The average Bonchev–Trinajstić information content (AvgIpc) is 2.26. The minimum Gasteiger partial charge on any atom is -0.478 e. The number of hydrogen-bond acceptors (Lipinski definition) is 4. The van der Waals surface area contributed by atoms with Crippen molar-refractivity contribution in [3.05, 3.63) is 29.8 Å². The van der Waals surface area contributed by atoms with Crippen LogP contribution in [0.25, 0.3) is 0 Å². The van der Waals surface area contributed by atoms with Crippen molar-refractivity contribution >= 4 is 34.4 Å². The predicted octanol–water partition coefficient (Wildman–Crippen LogP) is 1.60. The van der Waals surface area contributed by atoms with E-state index in [9.17, 15) is 14.4 Å². The first-order valence-corrected chi connectivity index (χ1v) is 5.74. The van der Waals surface area contributed by atoms with Crippen molar-refractivity contribution in [1.82, 2.24) is 0 Å². The zero-order chi connectivity index (χ0) is 12.8. The number of nitrogens with one attached hydrogen (secondary N) is 1. The second kappa shape index (κ2) is 6.05. The third-order valence-corrected chi connectivity index (χ3v) is 2.61. The van der Waals surface area contributed by atoms with Crippen molar-refractivity contribution in [3.8, 4) is 0 Å². The first-order valence-electron chi connectivity index (χ1n) is 4.75. The standard InChI is InChI=1S/C11H11NO4S/c1-7(13)17-6-10(14)12-9-4-2-3-8(5-9)11(15)16/h2-5H,6H2,1H3,(H,12,14)(H,15,16). The molecule has 0 saturated heterocycles. The summed E-state index contributed by atoms with van der Waals surface area (Å²) >= 11 is 0.902. The summed E-state index contributed by atoms with van der Waals surface area (Å²) in [5.41, 5.74) is 0.501. The Kier molecular flexibility index (Phi) is 4.71. The van der Waals surface area contributed by atoms with Gasteiger partial charge in [0.1, 0.15) is 0 Å². The van der Waals surface area contributed by atoms with E-state index in [1.807, 2.05) is 0 Å². The van der Waals surface area contributed by atoms with Crippen LogP contribution in [0.2, 0.25) is 0 Å². The molecule has 1 rings (SSSR count). The van der Waals surface area contributed by atoms with Crippen molar-refractivity contribution in [2.75, 3.05) is 11.1 Å². The third-order valence-electron chi connectivity index (χ3n) is 1.80. The number of amides is 1. The lowest BCUT2D eigenvalue weighted by atomic mass is 10.2. The Hall–Kier alpha value is -1.82. The maximum atomic E-state index is 11.4. The molecule has 2 N–H and O–H groups in total. The number of rotatable bonds is 4. The maximum absolute atomic E-state index is 11.4. The number of carboxylic acid groups (broad SMARTS) is 1. The largest absolute Gasteiger partial charge is 0.478 e. The normalized spacial score (nSPS) is 9.71. The Bertz CT molecular complexity index is 459. The summed E-state index contributed by atoms with van der Waals surface area (Å²) in [6.45, 7) is 1.38. The van der Waals surface area contributed by atoms with Gasteiger partial charge >= 0.3 is 5.97 Å². The van der Waals surface area contributed by atoms with Crippen molar-refractivity contribution in [2.45, 2.75) is 6.92 Å². The van der Waals surface area contributed by atoms with Crippen LogP contribution >= 0.6 is 11.8 Å². The van der Waals surface area contributed by atoms with Crippen LogP contribution in [0.15, 0.2) is 24.3 Å². The van der Waals surface area contributed by atoms with Crippen LogP contribution in [-0.4, -0.2) is 27.9 Å². The minimum absolute atomic E-state index is 0.0205. The van der Waals surface area contributed by atoms with Crippen molar-refractivity contribution in [3.63, 3.8) is 0 Å². The monoisotopic (exact) mass is 253 g/mol. The smallest absolute Gasteiger partial charge is 0.335 e. The predicted molar refractivity (Wildman–Crippen MR) is 65.2 cm³/mol. The SMILES string of the molecule is CC(=O)SCC(=O)Nc1cccc(C(=O)O)c1.